The summed E-state index contributed by atoms with van der Waals surface area (Å²) >= 11 is 0. The van der Waals surface area contributed by atoms with E-state index in [9.17, 15) is 9.59 Å². The minimum Gasteiger partial charge on any atom is -0.468 e. The van der Waals surface area contributed by atoms with E-state index in [1.807, 2.05) is 0 Å². The number of primary amides is 1. The van der Waals surface area contributed by atoms with Gasteiger partial charge in [-0.25, -0.2) is 4.79 Å². The predicted octanol–water partition coefficient (Wildman–Crippen LogP) is -0.802. The van der Waals surface area contributed by atoms with E-state index < -0.39 is 12.0 Å². The zero-order valence-electron chi connectivity index (χ0n) is 8.34. The maximum atomic E-state index is 10.2. The summed E-state index contributed by atoms with van der Waals surface area (Å²) in [6, 6.07) is -0.736. The first kappa shape index (κ1) is 12.7. The predicted molar refractivity (Wildman–Crippen MR) is 51.7 cm³/mol. The first-order valence-corrected chi connectivity index (χ1v) is 4.47. The number of carbonyl (C=O) groups excluding carboxylic acids is 2. The van der Waals surface area contributed by atoms with Crippen LogP contribution in [0, 0.1) is 0 Å². The van der Waals surface area contributed by atoms with Crippen LogP contribution in [0.2, 0.25) is 0 Å². The highest BCUT2D eigenvalue weighted by Gasteiger charge is 1.98. The van der Waals surface area contributed by atoms with Gasteiger partial charge in [0.05, 0.1) is 7.11 Å². The maximum Gasteiger partial charge on any atom is 0.325 e. The van der Waals surface area contributed by atoms with Gasteiger partial charge in [-0.1, -0.05) is 0 Å². The number of hydrogen-bond donors (Lipinski definition) is 3. The van der Waals surface area contributed by atoms with Crippen LogP contribution in [0.5, 0.6) is 0 Å². The zero-order chi connectivity index (χ0) is 10.8. The summed E-state index contributed by atoms with van der Waals surface area (Å²) < 4.78 is 4.19. The lowest BCUT2D eigenvalue weighted by Gasteiger charge is -1.97. The number of carbonyl (C=O) groups is 2. The minimum atomic E-state index is -0.736. The Labute approximate surface area is 83.2 Å². The smallest absolute Gasteiger partial charge is 0.325 e. The normalized spacial score (nSPS) is 13.8. The Morgan fingerprint density at radius 3 is 2.29 bits per heavy atom. The molecule has 0 atom stereocenters. The molecule has 1 fully saturated rings. The van der Waals surface area contributed by atoms with Gasteiger partial charge in [-0.05, 0) is 25.9 Å². The molecule has 0 aromatic heterocycles. The first-order valence-electron chi connectivity index (χ1n) is 4.47. The fraction of sp³-hybridized carbons (Fsp3) is 0.750. The van der Waals surface area contributed by atoms with Crippen LogP contribution in [-0.4, -0.2) is 38.7 Å². The Bertz CT molecular complexity index is 173. The highest BCUT2D eigenvalue weighted by molar-refractivity contribution is 5.79. The van der Waals surface area contributed by atoms with Crippen LogP contribution in [0.15, 0.2) is 0 Å². The van der Waals surface area contributed by atoms with Crippen LogP contribution >= 0.6 is 0 Å². The molecule has 0 bridgehead atoms. The van der Waals surface area contributed by atoms with Crippen molar-refractivity contribution in [3.05, 3.63) is 0 Å². The molecule has 0 unspecified atom stereocenters. The molecular weight excluding hydrogens is 186 g/mol. The number of urea groups is 1. The standard InChI is InChI=1S/C4H8N2O3.C4H9N/c1-9-3(7)2-6-4(5)8;1-2-4-5-3-1/h2H2,1H3,(H3,5,6,8);5H,1-4H2. The molecule has 82 valence electrons. The van der Waals surface area contributed by atoms with Crippen LogP contribution < -0.4 is 16.4 Å². The monoisotopic (exact) mass is 203 g/mol. The number of hydrogen-bond acceptors (Lipinski definition) is 4. The maximum absolute atomic E-state index is 10.2. The largest absolute Gasteiger partial charge is 0.468 e. The average Bonchev–Trinajstić information content (AvgIpc) is 2.71. The molecule has 0 spiro atoms. The molecule has 6 heteroatoms. The second kappa shape index (κ2) is 8.31. The topological polar surface area (TPSA) is 93.4 Å². The third-order valence-corrected chi connectivity index (χ3v) is 1.59. The number of esters is 1. The molecule has 14 heavy (non-hydrogen) atoms. The Balaban J connectivity index is 0.000000280. The second-order valence-electron chi connectivity index (χ2n) is 2.75. The van der Waals surface area contributed by atoms with Crippen molar-refractivity contribution in [3.63, 3.8) is 0 Å². The van der Waals surface area contributed by atoms with Crippen molar-refractivity contribution in [2.24, 2.45) is 5.73 Å². The molecule has 6 nitrogen and oxygen atoms in total. The van der Waals surface area contributed by atoms with Crippen molar-refractivity contribution in [1.82, 2.24) is 10.6 Å². The summed E-state index contributed by atoms with van der Waals surface area (Å²) in [6.07, 6.45) is 2.78. The highest BCUT2D eigenvalue weighted by Crippen LogP contribution is 1.90. The Hall–Kier alpha value is -1.30. The quantitative estimate of drug-likeness (QED) is 0.512. The number of ether oxygens (including phenoxy) is 1. The van der Waals surface area contributed by atoms with Crippen LogP contribution in [-0.2, 0) is 9.53 Å². The molecule has 1 heterocycles. The van der Waals surface area contributed by atoms with Crippen LogP contribution in [0.4, 0.5) is 4.79 Å². The lowest BCUT2D eigenvalue weighted by Crippen LogP contribution is -2.34. The first-order chi connectivity index (χ1) is 6.66. The second-order valence-corrected chi connectivity index (χ2v) is 2.75. The van der Waals surface area contributed by atoms with E-state index in [0.29, 0.717) is 0 Å². The van der Waals surface area contributed by atoms with E-state index in [2.05, 4.69) is 21.1 Å². The Morgan fingerprint density at radius 2 is 2.00 bits per heavy atom. The van der Waals surface area contributed by atoms with Crippen molar-refractivity contribution >= 4 is 12.0 Å². The van der Waals surface area contributed by atoms with Crippen molar-refractivity contribution < 1.29 is 14.3 Å². The molecule has 0 aromatic rings. The van der Waals surface area contributed by atoms with E-state index in [4.69, 9.17) is 0 Å². The molecule has 2 amide bonds. The number of rotatable bonds is 2. The van der Waals surface area contributed by atoms with Gasteiger partial charge in [0, 0.05) is 0 Å². The number of methoxy groups -OCH3 is 1. The van der Waals surface area contributed by atoms with Gasteiger partial charge in [-0.3, -0.25) is 4.79 Å². The fourth-order valence-corrected chi connectivity index (χ4v) is 0.856. The van der Waals surface area contributed by atoms with E-state index in [0.717, 1.165) is 0 Å². The van der Waals surface area contributed by atoms with Gasteiger partial charge in [0.25, 0.3) is 0 Å². The molecule has 1 saturated heterocycles. The van der Waals surface area contributed by atoms with Crippen LogP contribution in [0.3, 0.4) is 0 Å². The number of nitrogens with one attached hydrogen (secondary N) is 2. The van der Waals surface area contributed by atoms with Gasteiger partial charge in [-0.15, -0.1) is 0 Å². The van der Waals surface area contributed by atoms with E-state index >= 15 is 0 Å². The van der Waals surface area contributed by atoms with Gasteiger partial charge in [0.2, 0.25) is 0 Å². The van der Waals surface area contributed by atoms with Gasteiger partial charge < -0.3 is 21.1 Å². The van der Waals surface area contributed by atoms with Crippen molar-refractivity contribution in [1.29, 1.82) is 0 Å². The summed E-state index contributed by atoms with van der Waals surface area (Å²) in [7, 11) is 1.23. The lowest BCUT2D eigenvalue weighted by atomic mass is 10.4. The number of nitrogens with two attached hydrogens (primary N) is 1. The Morgan fingerprint density at radius 1 is 1.43 bits per heavy atom. The number of amides is 2. The molecule has 0 aliphatic carbocycles. The molecule has 0 radical (unpaired) electrons. The summed E-state index contributed by atoms with van der Waals surface area (Å²) in [6.45, 7) is 2.33. The molecule has 4 N–H and O–H groups in total. The minimum absolute atomic E-state index is 0.175. The van der Waals surface area contributed by atoms with Crippen LogP contribution in [0.25, 0.3) is 0 Å². The van der Waals surface area contributed by atoms with Crippen molar-refractivity contribution in [3.8, 4) is 0 Å². The SMILES string of the molecule is C1CCNC1.COC(=O)CNC(N)=O. The van der Waals surface area contributed by atoms with Crippen LogP contribution in [0.1, 0.15) is 12.8 Å². The van der Waals surface area contributed by atoms with Gasteiger partial charge in [0.1, 0.15) is 6.54 Å². The third kappa shape index (κ3) is 8.79. The van der Waals surface area contributed by atoms with Crippen molar-refractivity contribution in [2.45, 2.75) is 12.8 Å². The van der Waals surface area contributed by atoms with E-state index in [1.165, 1.54) is 33.0 Å². The molecule has 1 aliphatic heterocycles. The van der Waals surface area contributed by atoms with E-state index in [1.54, 1.807) is 0 Å². The molecule has 0 saturated carbocycles. The zero-order valence-corrected chi connectivity index (χ0v) is 8.34. The lowest BCUT2D eigenvalue weighted by molar-refractivity contribution is -0.139. The highest BCUT2D eigenvalue weighted by atomic mass is 16.5. The molecule has 1 aliphatic rings. The molecule has 1 rings (SSSR count). The average molecular weight is 203 g/mol. The van der Waals surface area contributed by atoms with Gasteiger partial charge >= 0.3 is 12.0 Å². The third-order valence-electron chi connectivity index (χ3n) is 1.59. The summed E-state index contributed by atoms with van der Waals surface area (Å²) in [5.74, 6) is -0.520. The van der Waals surface area contributed by atoms with Gasteiger partial charge in [0.15, 0.2) is 0 Å². The summed E-state index contributed by atoms with van der Waals surface area (Å²) in [4.78, 5) is 20.1. The molecular formula is C8H17N3O3. The van der Waals surface area contributed by atoms with E-state index in [-0.39, 0.29) is 6.54 Å². The van der Waals surface area contributed by atoms with Gasteiger partial charge in [-0.2, -0.15) is 0 Å². The molecule has 0 aromatic carbocycles. The van der Waals surface area contributed by atoms with Crippen molar-refractivity contribution in [2.75, 3.05) is 26.7 Å². The summed E-state index contributed by atoms with van der Waals surface area (Å²) in [5.41, 5.74) is 4.64. The summed E-state index contributed by atoms with van der Waals surface area (Å²) in [5, 5.41) is 5.28. The Kier molecular flexibility index (Phi) is 7.53. The fourth-order valence-electron chi connectivity index (χ4n) is 0.856.